The number of pyridine rings is 2. The number of hydrogen-bond acceptors (Lipinski definition) is 5. The van der Waals surface area contributed by atoms with Crippen LogP contribution in [0.4, 0.5) is 5.69 Å². The molecule has 26 heavy (non-hydrogen) atoms. The van der Waals surface area contributed by atoms with E-state index in [1.807, 2.05) is 6.07 Å². The summed E-state index contributed by atoms with van der Waals surface area (Å²) in [5.41, 5.74) is 2.73. The number of carbonyl (C=O) groups excluding carboxylic acids is 2. The molecule has 1 atom stereocenters. The molecule has 0 aliphatic carbocycles. The third-order valence-electron chi connectivity index (χ3n) is 4.60. The number of aryl methyl sites for hydroxylation is 1. The topological polar surface area (TPSA) is 81.5 Å². The molecule has 1 aliphatic heterocycles. The molecule has 136 valence electrons. The van der Waals surface area contributed by atoms with E-state index in [1.165, 1.54) is 9.47 Å². The monoisotopic (exact) mass is 355 g/mol. The van der Waals surface area contributed by atoms with Crippen molar-refractivity contribution in [2.75, 3.05) is 18.1 Å². The molecule has 2 aromatic heterocycles. The van der Waals surface area contributed by atoms with Gasteiger partial charge in [-0.05, 0) is 39.0 Å². The molecular weight excluding hydrogens is 334 g/mol. The first-order chi connectivity index (χ1) is 12.4. The molecule has 2 aromatic rings. The van der Waals surface area contributed by atoms with Crippen molar-refractivity contribution < 1.29 is 14.3 Å². The summed E-state index contributed by atoms with van der Waals surface area (Å²) < 4.78 is 6.54. The van der Waals surface area contributed by atoms with E-state index in [9.17, 15) is 14.4 Å². The highest BCUT2D eigenvalue weighted by atomic mass is 16.5. The molecule has 0 spiro atoms. The van der Waals surface area contributed by atoms with E-state index in [4.69, 9.17) is 4.74 Å². The first-order valence-corrected chi connectivity index (χ1v) is 8.49. The summed E-state index contributed by atoms with van der Waals surface area (Å²) in [7, 11) is 1.66. The average Bonchev–Trinajstić information content (AvgIpc) is 2.70. The summed E-state index contributed by atoms with van der Waals surface area (Å²) in [5, 5.41) is 0. The Morgan fingerprint density at radius 3 is 2.77 bits per heavy atom. The summed E-state index contributed by atoms with van der Waals surface area (Å²) in [4.78, 5) is 43.5. The van der Waals surface area contributed by atoms with Crippen LogP contribution < -0.4 is 10.5 Å². The van der Waals surface area contributed by atoms with Gasteiger partial charge in [-0.25, -0.2) is 0 Å². The maximum atomic E-state index is 13.1. The molecule has 0 saturated carbocycles. The second kappa shape index (κ2) is 6.74. The number of ether oxygens (including phenoxy) is 1. The molecule has 0 saturated heterocycles. The van der Waals surface area contributed by atoms with Gasteiger partial charge in [0.1, 0.15) is 6.54 Å². The molecule has 1 amide bonds. The Kier molecular flexibility index (Phi) is 4.63. The van der Waals surface area contributed by atoms with Crippen molar-refractivity contribution in [2.24, 2.45) is 7.05 Å². The Morgan fingerprint density at radius 1 is 1.35 bits per heavy atom. The van der Waals surface area contributed by atoms with Gasteiger partial charge in [-0.15, -0.1) is 0 Å². The number of carbonyl (C=O) groups is 2. The molecule has 7 heteroatoms. The van der Waals surface area contributed by atoms with E-state index in [2.05, 4.69) is 4.98 Å². The Morgan fingerprint density at radius 2 is 2.08 bits per heavy atom. The Bertz CT molecular complexity index is 948. The number of esters is 1. The Labute approximate surface area is 151 Å². The number of anilines is 1. The van der Waals surface area contributed by atoms with Crippen LogP contribution in [0.5, 0.6) is 0 Å². The number of amides is 1. The molecule has 0 fully saturated rings. The van der Waals surface area contributed by atoms with Crippen LogP contribution in [0, 0.1) is 6.92 Å². The van der Waals surface area contributed by atoms with Crippen LogP contribution in [0.1, 0.15) is 31.0 Å². The first-order valence-electron chi connectivity index (χ1n) is 8.49. The van der Waals surface area contributed by atoms with Gasteiger partial charge in [-0.1, -0.05) is 0 Å². The average molecular weight is 355 g/mol. The number of aromatic nitrogens is 2. The van der Waals surface area contributed by atoms with Gasteiger partial charge in [-0.2, -0.15) is 0 Å². The third-order valence-corrected chi connectivity index (χ3v) is 4.60. The highest BCUT2D eigenvalue weighted by Gasteiger charge is 2.35. The maximum absolute atomic E-state index is 13.1. The molecule has 7 nitrogen and oxygen atoms in total. The number of hydrogen-bond donors (Lipinski definition) is 0. The summed E-state index contributed by atoms with van der Waals surface area (Å²) in [5.74, 6) is -1.30. The van der Waals surface area contributed by atoms with E-state index in [-0.39, 0.29) is 24.6 Å². The van der Waals surface area contributed by atoms with Gasteiger partial charge in [0.2, 0.25) is 5.91 Å². The van der Waals surface area contributed by atoms with E-state index < -0.39 is 11.9 Å². The zero-order valence-corrected chi connectivity index (χ0v) is 15.3. The molecule has 3 heterocycles. The predicted octanol–water partition coefficient (Wildman–Crippen LogP) is 1.77. The lowest BCUT2D eigenvalue weighted by atomic mass is 10.00. The van der Waals surface area contributed by atoms with Crippen molar-refractivity contribution >= 4 is 17.6 Å². The van der Waals surface area contributed by atoms with Crippen molar-refractivity contribution in [1.82, 2.24) is 9.55 Å². The molecule has 1 unspecified atom stereocenters. The highest BCUT2D eigenvalue weighted by Crippen LogP contribution is 2.39. The second-order valence-corrected chi connectivity index (χ2v) is 6.31. The fraction of sp³-hybridized carbons (Fsp3) is 0.368. The molecule has 1 aliphatic rings. The molecule has 0 radical (unpaired) electrons. The normalized spacial score (nSPS) is 15.9. The molecule has 0 bridgehead atoms. The zero-order chi connectivity index (χ0) is 19.0. The largest absolute Gasteiger partial charge is 0.465 e. The summed E-state index contributed by atoms with van der Waals surface area (Å²) in [6, 6.07) is 5.27. The lowest BCUT2D eigenvalue weighted by molar-refractivity contribution is -0.142. The van der Waals surface area contributed by atoms with Crippen LogP contribution in [-0.4, -0.2) is 34.6 Å². The standard InChI is InChI=1S/C19H21N3O4/c1-5-26-15(23)10-22-14-9-11(2)18(24)21(4)17(14)13-7-6-8-20-16(13)12(3)19(22)25/h6-9,12H,5,10H2,1-4H3. The minimum Gasteiger partial charge on any atom is -0.465 e. The van der Waals surface area contributed by atoms with Crippen molar-refractivity contribution in [3.63, 3.8) is 0 Å². The fourth-order valence-electron chi connectivity index (χ4n) is 3.33. The smallest absolute Gasteiger partial charge is 0.326 e. The lowest BCUT2D eigenvalue weighted by Gasteiger charge is -2.24. The number of fused-ring (bicyclic) bond motifs is 3. The van der Waals surface area contributed by atoms with Gasteiger partial charge < -0.3 is 9.30 Å². The van der Waals surface area contributed by atoms with Crippen molar-refractivity contribution in [3.05, 3.63) is 46.0 Å². The van der Waals surface area contributed by atoms with Crippen LogP contribution in [0.2, 0.25) is 0 Å². The Hall–Kier alpha value is -2.96. The molecular formula is C19H21N3O4. The van der Waals surface area contributed by atoms with Crippen molar-refractivity contribution in [1.29, 1.82) is 0 Å². The van der Waals surface area contributed by atoms with Gasteiger partial charge in [0.05, 0.1) is 29.6 Å². The summed E-state index contributed by atoms with van der Waals surface area (Å²) in [6.07, 6.45) is 1.62. The predicted molar refractivity (Wildman–Crippen MR) is 97.1 cm³/mol. The lowest BCUT2D eigenvalue weighted by Crippen LogP contribution is -2.39. The van der Waals surface area contributed by atoms with Crippen molar-refractivity contribution in [3.8, 4) is 11.3 Å². The number of nitrogens with zero attached hydrogens (tertiary/aromatic N) is 3. The minimum atomic E-state index is -0.552. The van der Waals surface area contributed by atoms with Crippen LogP contribution in [0.3, 0.4) is 0 Å². The highest BCUT2D eigenvalue weighted by molar-refractivity contribution is 6.06. The van der Waals surface area contributed by atoms with E-state index in [0.29, 0.717) is 28.2 Å². The molecule has 0 aromatic carbocycles. The quantitative estimate of drug-likeness (QED) is 0.784. The van der Waals surface area contributed by atoms with Gasteiger partial charge in [0.15, 0.2) is 0 Å². The van der Waals surface area contributed by atoms with Gasteiger partial charge in [0, 0.05) is 24.4 Å². The van der Waals surface area contributed by atoms with Crippen LogP contribution >= 0.6 is 0 Å². The van der Waals surface area contributed by atoms with E-state index >= 15 is 0 Å². The maximum Gasteiger partial charge on any atom is 0.326 e. The van der Waals surface area contributed by atoms with Gasteiger partial charge >= 0.3 is 5.97 Å². The summed E-state index contributed by atoms with van der Waals surface area (Å²) >= 11 is 0. The van der Waals surface area contributed by atoms with Crippen molar-refractivity contribution in [2.45, 2.75) is 26.7 Å². The Balaban J connectivity index is 2.31. The van der Waals surface area contributed by atoms with Crippen LogP contribution in [-0.2, 0) is 21.4 Å². The zero-order valence-electron chi connectivity index (χ0n) is 15.3. The van der Waals surface area contributed by atoms with Crippen LogP contribution in [0.15, 0.2) is 29.2 Å². The minimum absolute atomic E-state index is 0.156. The molecule has 0 N–H and O–H groups in total. The van der Waals surface area contributed by atoms with Crippen LogP contribution in [0.25, 0.3) is 11.3 Å². The first kappa shape index (κ1) is 17.8. The summed E-state index contributed by atoms with van der Waals surface area (Å²) in [6.45, 7) is 5.18. The van der Waals surface area contributed by atoms with Gasteiger partial charge in [-0.3, -0.25) is 24.3 Å². The second-order valence-electron chi connectivity index (χ2n) is 6.31. The van der Waals surface area contributed by atoms with Gasteiger partial charge in [0.25, 0.3) is 5.56 Å². The number of rotatable bonds is 3. The SMILES string of the molecule is CCOC(=O)CN1C(=O)C(C)c2ncccc2-c2c1cc(C)c(=O)n2C. The van der Waals surface area contributed by atoms with E-state index in [1.54, 1.807) is 46.1 Å². The third kappa shape index (κ3) is 2.79. The molecule has 3 rings (SSSR count). The fourth-order valence-corrected chi connectivity index (χ4v) is 3.33. The van der Waals surface area contributed by atoms with E-state index in [0.717, 1.165) is 0 Å².